The van der Waals surface area contributed by atoms with E-state index in [2.05, 4.69) is 82.8 Å². The first-order chi connectivity index (χ1) is 9.14. The van der Waals surface area contributed by atoms with Gasteiger partial charge in [-0.2, -0.15) is 0 Å². The van der Waals surface area contributed by atoms with Crippen LogP contribution in [-0.2, 0) is 9.31 Å². The highest BCUT2D eigenvalue weighted by atomic mass is 28.3. The van der Waals surface area contributed by atoms with Gasteiger partial charge in [0, 0.05) is 0 Å². The van der Waals surface area contributed by atoms with Gasteiger partial charge in [-0.05, 0) is 27.7 Å². The third kappa shape index (κ3) is 3.08. The normalized spacial score (nSPS) is 21.6. The second-order valence-electron chi connectivity index (χ2n) is 7.07. The maximum absolute atomic E-state index is 6.01. The van der Waals surface area contributed by atoms with Crippen molar-refractivity contribution < 1.29 is 9.31 Å². The zero-order valence-corrected chi connectivity index (χ0v) is 14.4. The van der Waals surface area contributed by atoms with Gasteiger partial charge >= 0.3 is 7.12 Å². The van der Waals surface area contributed by atoms with E-state index in [0.29, 0.717) is 0 Å². The van der Waals surface area contributed by atoms with Crippen LogP contribution in [0.4, 0.5) is 0 Å². The molecule has 20 heavy (non-hydrogen) atoms. The van der Waals surface area contributed by atoms with Crippen LogP contribution in [0.1, 0.15) is 27.7 Å². The molecule has 2 rings (SSSR count). The Kier molecular flexibility index (Phi) is 4.02. The highest BCUT2D eigenvalue weighted by Crippen LogP contribution is 2.36. The van der Waals surface area contributed by atoms with Gasteiger partial charge in [0.05, 0.1) is 11.2 Å². The summed E-state index contributed by atoms with van der Waals surface area (Å²) in [4.78, 5) is 0. The molecular weight excluding hydrogens is 263 g/mol. The molecule has 0 amide bonds. The van der Waals surface area contributed by atoms with Crippen molar-refractivity contribution in [3.8, 4) is 0 Å². The van der Waals surface area contributed by atoms with Crippen LogP contribution in [0.15, 0.2) is 42.0 Å². The van der Waals surface area contributed by atoms with Crippen LogP contribution in [0.2, 0.25) is 13.1 Å². The van der Waals surface area contributed by atoms with Crippen molar-refractivity contribution in [2.75, 3.05) is 0 Å². The highest BCUT2D eigenvalue weighted by molar-refractivity contribution is 6.94. The second-order valence-corrected chi connectivity index (χ2v) is 11.4. The summed E-state index contributed by atoms with van der Waals surface area (Å²) in [5, 5.41) is 1.42. The molecule has 0 aromatic heterocycles. The van der Waals surface area contributed by atoms with Crippen molar-refractivity contribution in [2.45, 2.75) is 52.0 Å². The zero-order valence-electron chi connectivity index (χ0n) is 13.4. The molecule has 2 nitrogen and oxygen atoms in total. The average molecular weight is 288 g/mol. The van der Waals surface area contributed by atoms with Crippen LogP contribution in [0.5, 0.6) is 0 Å². The van der Waals surface area contributed by atoms with E-state index in [1.165, 1.54) is 5.19 Å². The van der Waals surface area contributed by atoms with Gasteiger partial charge in [0.1, 0.15) is 8.07 Å². The molecule has 4 heteroatoms. The summed E-state index contributed by atoms with van der Waals surface area (Å²) in [6.07, 6.45) is 0. The molecule has 1 saturated heterocycles. The van der Waals surface area contributed by atoms with Crippen LogP contribution < -0.4 is 5.19 Å². The first-order valence-corrected chi connectivity index (χ1v) is 10.3. The van der Waals surface area contributed by atoms with E-state index in [4.69, 9.17) is 9.31 Å². The number of benzene rings is 1. The molecule has 1 fully saturated rings. The van der Waals surface area contributed by atoms with Gasteiger partial charge < -0.3 is 9.31 Å². The molecule has 0 aliphatic carbocycles. The molecule has 0 spiro atoms. The van der Waals surface area contributed by atoms with Gasteiger partial charge in [-0.15, -0.1) is 0 Å². The molecule has 0 bridgehead atoms. The average Bonchev–Trinajstić information content (AvgIpc) is 2.57. The molecule has 1 aliphatic rings. The lowest BCUT2D eigenvalue weighted by Gasteiger charge is -2.32. The number of hydrogen-bond acceptors (Lipinski definition) is 2. The van der Waals surface area contributed by atoms with E-state index in [-0.39, 0.29) is 18.3 Å². The fraction of sp³-hybridized carbons (Fsp3) is 0.500. The molecule has 108 valence electrons. The Hall–Kier alpha value is -0.838. The van der Waals surface area contributed by atoms with Crippen LogP contribution >= 0.6 is 0 Å². The van der Waals surface area contributed by atoms with E-state index in [1.807, 2.05) is 0 Å². The molecule has 0 atom stereocenters. The summed E-state index contributed by atoms with van der Waals surface area (Å²) in [5.41, 5.74) is 1.78. The number of rotatable bonds is 3. The van der Waals surface area contributed by atoms with E-state index >= 15 is 0 Å². The van der Waals surface area contributed by atoms with Gasteiger partial charge in [0.15, 0.2) is 0 Å². The summed E-state index contributed by atoms with van der Waals surface area (Å²) in [7, 11) is -1.82. The van der Waals surface area contributed by atoms with Gasteiger partial charge in [-0.25, -0.2) is 0 Å². The lowest BCUT2D eigenvalue weighted by atomic mass is 9.90. The van der Waals surface area contributed by atoms with Crippen LogP contribution in [0.25, 0.3) is 0 Å². The largest absolute Gasteiger partial charge is 0.486 e. The Morgan fingerprint density at radius 3 is 1.95 bits per heavy atom. The highest BCUT2D eigenvalue weighted by Gasteiger charge is 2.50. The van der Waals surface area contributed by atoms with Crippen molar-refractivity contribution >= 4 is 20.4 Å². The molecular formula is C16H25BO2Si. The third-order valence-corrected chi connectivity index (χ3v) is 7.31. The van der Waals surface area contributed by atoms with Crippen molar-refractivity contribution in [3.63, 3.8) is 0 Å². The Labute approximate surface area is 124 Å². The monoisotopic (exact) mass is 288 g/mol. The van der Waals surface area contributed by atoms with Gasteiger partial charge in [-0.1, -0.05) is 60.3 Å². The topological polar surface area (TPSA) is 18.5 Å². The van der Waals surface area contributed by atoms with Gasteiger partial charge in [0.25, 0.3) is 0 Å². The minimum absolute atomic E-state index is 0.240. The zero-order chi connectivity index (χ0) is 15.0. The summed E-state index contributed by atoms with van der Waals surface area (Å²) in [6, 6.07) is 10.7. The van der Waals surface area contributed by atoms with E-state index < -0.39 is 8.07 Å². The smallest absolute Gasteiger partial charge is 0.400 e. The van der Waals surface area contributed by atoms with Crippen LogP contribution in [-0.4, -0.2) is 26.4 Å². The first kappa shape index (κ1) is 15.5. The Bertz CT molecular complexity index is 478. The quantitative estimate of drug-likeness (QED) is 0.794. The predicted molar refractivity (Wildman–Crippen MR) is 88.8 cm³/mol. The predicted octanol–water partition coefficient (Wildman–Crippen LogP) is 3.33. The number of hydrogen-bond donors (Lipinski definition) is 0. The summed E-state index contributed by atoms with van der Waals surface area (Å²) in [6.45, 7) is 13.0. The molecule has 0 radical (unpaired) electrons. The minimum atomic E-state index is -1.58. The van der Waals surface area contributed by atoms with Gasteiger partial charge in [-0.3, -0.25) is 0 Å². The lowest BCUT2D eigenvalue weighted by molar-refractivity contribution is 0.00578. The molecule has 1 aromatic rings. The van der Waals surface area contributed by atoms with Gasteiger partial charge in [0.2, 0.25) is 0 Å². The standard InChI is InChI=1S/C16H25BO2Si/c1-15(2)16(3,4)19-17(18-15)12-13-20(5,6)14-10-8-7-9-11-14/h7-13H,1-6H3/b13-12-. The van der Waals surface area contributed by atoms with E-state index in [1.54, 1.807) is 0 Å². The summed E-state index contributed by atoms with van der Waals surface area (Å²) in [5.74, 6) is 2.09. The minimum Gasteiger partial charge on any atom is -0.400 e. The summed E-state index contributed by atoms with van der Waals surface area (Å²) < 4.78 is 12.0. The first-order valence-electron chi connectivity index (χ1n) is 7.25. The van der Waals surface area contributed by atoms with E-state index in [9.17, 15) is 0 Å². The fourth-order valence-corrected chi connectivity index (χ4v) is 4.13. The van der Waals surface area contributed by atoms with Crippen LogP contribution in [0.3, 0.4) is 0 Å². The lowest BCUT2D eigenvalue weighted by Crippen LogP contribution is -2.41. The summed E-state index contributed by atoms with van der Waals surface area (Å²) >= 11 is 0. The molecule has 0 saturated carbocycles. The maximum Gasteiger partial charge on any atom is 0.486 e. The molecule has 1 aliphatic heterocycles. The Balaban J connectivity index is 2.11. The van der Waals surface area contributed by atoms with Crippen LogP contribution in [0, 0.1) is 0 Å². The van der Waals surface area contributed by atoms with Crippen molar-refractivity contribution in [1.82, 2.24) is 0 Å². The van der Waals surface area contributed by atoms with Crippen molar-refractivity contribution in [3.05, 3.63) is 42.0 Å². The van der Waals surface area contributed by atoms with E-state index in [0.717, 1.165) is 0 Å². The molecule has 1 aromatic carbocycles. The van der Waals surface area contributed by atoms with Crippen molar-refractivity contribution in [2.24, 2.45) is 0 Å². The third-order valence-electron chi connectivity index (χ3n) is 4.46. The SMILES string of the molecule is CC1(C)OB(/C=C\[Si](C)(C)c2ccccc2)OC1(C)C. The second kappa shape index (κ2) is 5.17. The molecule has 0 unspecified atom stereocenters. The molecule has 1 heterocycles. The Morgan fingerprint density at radius 1 is 0.950 bits per heavy atom. The molecule has 0 N–H and O–H groups in total. The Morgan fingerprint density at radius 2 is 1.45 bits per heavy atom. The maximum atomic E-state index is 6.01. The van der Waals surface area contributed by atoms with Crippen molar-refractivity contribution in [1.29, 1.82) is 0 Å². The fourth-order valence-electron chi connectivity index (χ4n) is 2.25.